The summed E-state index contributed by atoms with van der Waals surface area (Å²) in [6.45, 7) is 6.44. The fourth-order valence-electron chi connectivity index (χ4n) is 3.73. The molecule has 1 N–H and O–H groups in total. The van der Waals surface area contributed by atoms with Crippen LogP contribution in [0.2, 0.25) is 5.02 Å². The van der Waals surface area contributed by atoms with Crippen LogP contribution in [0.25, 0.3) is 10.9 Å². The van der Waals surface area contributed by atoms with Gasteiger partial charge in [0.15, 0.2) is 5.78 Å². The SMILES string of the molecule is CCCc1c(C(=O)C(C)C)c2ccc(C(=O)NOC)cc2n1Cc1ccccc1Cl. The standard InChI is InChI=1S/C24H27ClN2O3/c1-5-8-20-22(23(28)15(2)3)18-12-11-16(24(29)26-30-4)13-21(18)27(20)14-17-9-6-7-10-19(17)25/h6-7,9-13,15H,5,8,14H2,1-4H3,(H,26,29). The number of nitrogens with one attached hydrogen (secondary N) is 1. The minimum absolute atomic E-state index is 0.107. The number of hydroxylamine groups is 1. The number of carbonyl (C=O) groups excluding carboxylic acids is 2. The molecule has 0 spiro atoms. The van der Waals surface area contributed by atoms with Crippen LogP contribution in [0.3, 0.4) is 0 Å². The van der Waals surface area contributed by atoms with Crippen molar-refractivity contribution in [2.75, 3.05) is 7.11 Å². The van der Waals surface area contributed by atoms with Crippen molar-refractivity contribution in [2.24, 2.45) is 5.92 Å². The monoisotopic (exact) mass is 426 g/mol. The van der Waals surface area contributed by atoms with Gasteiger partial charge in [0, 0.05) is 39.7 Å². The zero-order chi connectivity index (χ0) is 21.8. The lowest BCUT2D eigenvalue weighted by molar-refractivity contribution is 0.0537. The molecule has 0 saturated heterocycles. The molecule has 1 aromatic heterocycles. The topological polar surface area (TPSA) is 60.3 Å². The molecular weight excluding hydrogens is 400 g/mol. The molecule has 0 unspecified atom stereocenters. The van der Waals surface area contributed by atoms with Gasteiger partial charge in [0.25, 0.3) is 5.91 Å². The van der Waals surface area contributed by atoms with Crippen LogP contribution >= 0.6 is 11.6 Å². The second-order valence-corrected chi connectivity index (χ2v) is 8.04. The summed E-state index contributed by atoms with van der Waals surface area (Å²) in [7, 11) is 1.40. The molecule has 0 aliphatic rings. The van der Waals surface area contributed by atoms with E-state index in [0.29, 0.717) is 17.1 Å². The third-order valence-corrected chi connectivity index (χ3v) is 5.54. The molecule has 3 aromatic rings. The maximum Gasteiger partial charge on any atom is 0.274 e. The number of benzene rings is 2. The van der Waals surface area contributed by atoms with Crippen molar-refractivity contribution in [3.05, 3.63) is 69.9 Å². The lowest BCUT2D eigenvalue weighted by Gasteiger charge is -2.14. The maximum absolute atomic E-state index is 13.2. The molecule has 30 heavy (non-hydrogen) atoms. The number of Topliss-reactive ketones (excluding diaryl/α,β-unsaturated/α-hetero) is 1. The Morgan fingerprint density at radius 1 is 1.17 bits per heavy atom. The number of aromatic nitrogens is 1. The number of halogens is 1. The number of rotatable bonds is 8. The third-order valence-electron chi connectivity index (χ3n) is 5.17. The highest BCUT2D eigenvalue weighted by Gasteiger charge is 2.25. The van der Waals surface area contributed by atoms with Crippen LogP contribution in [0, 0.1) is 5.92 Å². The molecule has 0 aliphatic heterocycles. The molecule has 0 radical (unpaired) electrons. The smallest absolute Gasteiger partial charge is 0.274 e. The Morgan fingerprint density at radius 2 is 1.90 bits per heavy atom. The molecule has 158 valence electrons. The predicted molar refractivity (Wildman–Crippen MR) is 120 cm³/mol. The van der Waals surface area contributed by atoms with Crippen molar-refractivity contribution in [3.8, 4) is 0 Å². The summed E-state index contributed by atoms with van der Waals surface area (Å²) >= 11 is 6.44. The quantitative estimate of drug-likeness (QED) is 0.386. The number of ketones is 1. The number of hydrogen-bond donors (Lipinski definition) is 1. The van der Waals surface area contributed by atoms with E-state index in [2.05, 4.69) is 17.0 Å². The second kappa shape index (κ2) is 9.45. The largest absolute Gasteiger partial charge is 0.339 e. The van der Waals surface area contributed by atoms with E-state index >= 15 is 0 Å². The Kier molecular flexibility index (Phi) is 6.95. The van der Waals surface area contributed by atoms with Crippen LogP contribution < -0.4 is 5.48 Å². The number of hydrogen-bond acceptors (Lipinski definition) is 3. The third kappa shape index (κ3) is 4.27. The summed E-state index contributed by atoms with van der Waals surface area (Å²) in [5.74, 6) is -0.356. The van der Waals surface area contributed by atoms with Gasteiger partial charge in [-0.25, -0.2) is 5.48 Å². The normalized spacial score (nSPS) is 11.3. The molecule has 0 atom stereocenters. The van der Waals surface area contributed by atoms with Gasteiger partial charge in [-0.15, -0.1) is 0 Å². The molecule has 6 heteroatoms. The van der Waals surface area contributed by atoms with Gasteiger partial charge in [0.05, 0.1) is 12.6 Å². The minimum atomic E-state index is -0.335. The number of amides is 1. The first-order valence-corrected chi connectivity index (χ1v) is 10.5. The van der Waals surface area contributed by atoms with E-state index in [9.17, 15) is 9.59 Å². The minimum Gasteiger partial charge on any atom is -0.339 e. The van der Waals surface area contributed by atoms with E-state index in [-0.39, 0.29) is 17.6 Å². The lowest BCUT2D eigenvalue weighted by Crippen LogP contribution is -2.21. The summed E-state index contributed by atoms with van der Waals surface area (Å²) in [5, 5.41) is 1.53. The summed E-state index contributed by atoms with van der Waals surface area (Å²) < 4.78 is 2.12. The molecule has 0 aliphatic carbocycles. The summed E-state index contributed by atoms with van der Waals surface area (Å²) in [6, 6.07) is 13.1. The van der Waals surface area contributed by atoms with Crippen LogP contribution in [-0.4, -0.2) is 23.4 Å². The van der Waals surface area contributed by atoms with Crippen LogP contribution in [0.4, 0.5) is 0 Å². The summed E-state index contributed by atoms with van der Waals surface area (Å²) in [6.07, 6.45) is 1.65. The van der Waals surface area contributed by atoms with Gasteiger partial charge in [-0.05, 0) is 30.2 Å². The van der Waals surface area contributed by atoms with E-state index in [4.69, 9.17) is 16.4 Å². The van der Waals surface area contributed by atoms with Crippen LogP contribution in [0.5, 0.6) is 0 Å². The Bertz CT molecular complexity index is 1090. The first-order chi connectivity index (χ1) is 14.4. The number of nitrogens with zero attached hydrogens (tertiary/aromatic N) is 1. The number of carbonyl (C=O) groups is 2. The second-order valence-electron chi connectivity index (χ2n) is 7.64. The summed E-state index contributed by atoms with van der Waals surface area (Å²) in [5.41, 5.74) is 6.35. The molecule has 1 amide bonds. The van der Waals surface area contributed by atoms with E-state index in [1.807, 2.05) is 50.2 Å². The van der Waals surface area contributed by atoms with Gasteiger partial charge in [-0.2, -0.15) is 0 Å². The van der Waals surface area contributed by atoms with Crippen molar-refractivity contribution >= 4 is 34.2 Å². The molecular formula is C24H27ClN2O3. The van der Waals surface area contributed by atoms with Crippen molar-refractivity contribution in [1.82, 2.24) is 10.0 Å². The lowest BCUT2D eigenvalue weighted by atomic mass is 9.96. The fourth-order valence-corrected chi connectivity index (χ4v) is 3.93. The molecule has 0 fully saturated rings. The van der Waals surface area contributed by atoms with Gasteiger partial charge in [-0.3, -0.25) is 14.4 Å². The Hall–Kier alpha value is -2.63. The van der Waals surface area contributed by atoms with Crippen molar-refractivity contribution in [1.29, 1.82) is 0 Å². The molecule has 0 saturated carbocycles. The molecule has 1 heterocycles. The maximum atomic E-state index is 13.2. The summed E-state index contributed by atoms with van der Waals surface area (Å²) in [4.78, 5) is 30.3. The zero-order valence-electron chi connectivity index (χ0n) is 17.8. The first kappa shape index (κ1) is 22.1. The number of fused-ring (bicyclic) bond motifs is 1. The van der Waals surface area contributed by atoms with E-state index in [0.717, 1.165) is 40.6 Å². The Balaban J connectivity index is 2.29. The van der Waals surface area contributed by atoms with Crippen molar-refractivity contribution in [2.45, 2.75) is 40.2 Å². The van der Waals surface area contributed by atoms with Crippen LogP contribution in [0.1, 0.15) is 59.2 Å². The molecule has 5 nitrogen and oxygen atoms in total. The molecule has 0 bridgehead atoms. The average Bonchev–Trinajstić information content (AvgIpc) is 3.02. The van der Waals surface area contributed by atoms with Gasteiger partial charge in [0.1, 0.15) is 0 Å². The van der Waals surface area contributed by atoms with Gasteiger partial charge in [-0.1, -0.05) is 63.1 Å². The highest BCUT2D eigenvalue weighted by atomic mass is 35.5. The van der Waals surface area contributed by atoms with E-state index in [1.165, 1.54) is 7.11 Å². The highest BCUT2D eigenvalue weighted by molar-refractivity contribution is 6.31. The van der Waals surface area contributed by atoms with Crippen molar-refractivity contribution < 1.29 is 14.4 Å². The zero-order valence-corrected chi connectivity index (χ0v) is 18.5. The Morgan fingerprint density at radius 3 is 2.53 bits per heavy atom. The van der Waals surface area contributed by atoms with Gasteiger partial charge in [0.2, 0.25) is 0 Å². The predicted octanol–water partition coefficient (Wildman–Crippen LogP) is 5.43. The van der Waals surface area contributed by atoms with Gasteiger partial charge >= 0.3 is 0 Å². The molecule has 3 rings (SSSR count). The fraction of sp³-hybridized carbons (Fsp3) is 0.333. The van der Waals surface area contributed by atoms with Crippen LogP contribution in [-0.2, 0) is 17.8 Å². The van der Waals surface area contributed by atoms with Gasteiger partial charge < -0.3 is 4.57 Å². The molecule has 2 aromatic carbocycles. The van der Waals surface area contributed by atoms with Crippen LogP contribution in [0.15, 0.2) is 42.5 Å². The highest BCUT2D eigenvalue weighted by Crippen LogP contribution is 2.32. The van der Waals surface area contributed by atoms with Crippen molar-refractivity contribution in [3.63, 3.8) is 0 Å². The van der Waals surface area contributed by atoms with E-state index < -0.39 is 0 Å². The average molecular weight is 427 g/mol. The Labute approximate surface area is 181 Å². The first-order valence-electron chi connectivity index (χ1n) is 10.1. The van der Waals surface area contributed by atoms with E-state index in [1.54, 1.807) is 6.07 Å².